The average molecular weight is 200 g/mol. The molecule has 0 amide bonds. The highest BCUT2D eigenvalue weighted by molar-refractivity contribution is 6.31. The highest BCUT2D eigenvalue weighted by atomic mass is 35.5. The highest BCUT2D eigenvalue weighted by Crippen LogP contribution is 2.14. The van der Waals surface area contributed by atoms with E-state index in [-0.39, 0.29) is 5.28 Å². The molecule has 2 aromatic heterocycles. The molecule has 2 heterocycles. The second kappa shape index (κ2) is 2.84. The van der Waals surface area contributed by atoms with Crippen LogP contribution in [0.25, 0.3) is 11.0 Å². The zero-order valence-corrected chi connectivity index (χ0v) is 7.34. The summed E-state index contributed by atoms with van der Waals surface area (Å²) in [7, 11) is 0. The SMILES string of the molecule is Clc1cnc2cnc(Cl)nc2c1. The number of pyridine rings is 1. The first-order valence-electron chi connectivity index (χ1n) is 3.19. The summed E-state index contributed by atoms with van der Waals surface area (Å²) < 4.78 is 0. The molecule has 0 bridgehead atoms. The number of hydrogen-bond acceptors (Lipinski definition) is 3. The smallest absolute Gasteiger partial charge is 0.223 e. The van der Waals surface area contributed by atoms with Gasteiger partial charge in [0.1, 0.15) is 5.52 Å². The zero-order chi connectivity index (χ0) is 8.55. The number of fused-ring (bicyclic) bond motifs is 1. The van der Waals surface area contributed by atoms with Crippen LogP contribution in [-0.4, -0.2) is 15.0 Å². The van der Waals surface area contributed by atoms with Gasteiger partial charge in [-0.2, -0.15) is 0 Å². The molecule has 5 heteroatoms. The van der Waals surface area contributed by atoms with Crippen molar-refractivity contribution in [3.05, 3.63) is 28.8 Å². The van der Waals surface area contributed by atoms with E-state index in [4.69, 9.17) is 23.2 Å². The van der Waals surface area contributed by atoms with Crippen molar-refractivity contribution in [2.45, 2.75) is 0 Å². The van der Waals surface area contributed by atoms with Gasteiger partial charge in [0, 0.05) is 6.20 Å². The Labute approximate surface area is 78.4 Å². The largest absolute Gasteiger partial charge is 0.251 e. The van der Waals surface area contributed by atoms with E-state index in [1.54, 1.807) is 18.5 Å². The van der Waals surface area contributed by atoms with Crippen molar-refractivity contribution in [2.75, 3.05) is 0 Å². The van der Waals surface area contributed by atoms with Crippen LogP contribution in [0.15, 0.2) is 18.5 Å². The lowest BCUT2D eigenvalue weighted by Crippen LogP contribution is -1.86. The minimum atomic E-state index is 0.201. The van der Waals surface area contributed by atoms with Gasteiger partial charge in [0.05, 0.1) is 16.7 Å². The maximum Gasteiger partial charge on any atom is 0.223 e. The molecule has 12 heavy (non-hydrogen) atoms. The Morgan fingerprint density at radius 3 is 2.67 bits per heavy atom. The maximum absolute atomic E-state index is 5.71. The van der Waals surface area contributed by atoms with Crippen molar-refractivity contribution < 1.29 is 0 Å². The standard InChI is InChI=1S/C7H3Cl2N3/c8-4-1-5-6(10-2-4)3-11-7(9)12-5/h1-3H. The number of hydrogen-bond donors (Lipinski definition) is 0. The van der Waals surface area contributed by atoms with Crippen LogP contribution in [0, 0.1) is 0 Å². The summed E-state index contributed by atoms with van der Waals surface area (Å²) in [6, 6.07) is 1.69. The average Bonchev–Trinajstić information content (AvgIpc) is 2.03. The predicted molar refractivity (Wildman–Crippen MR) is 47.4 cm³/mol. The van der Waals surface area contributed by atoms with E-state index in [0.717, 1.165) is 0 Å². The van der Waals surface area contributed by atoms with Crippen molar-refractivity contribution in [3.63, 3.8) is 0 Å². The third-order valence-corrected chi connectivity index (χ3v) is 1.76. The maximum atomic E-state index is 5.71. The molecule has 60 valence electrons. The van der Waals surface area contributed by atoms with Crippen molar-refractivity contribution in [2.24, 2.45) is 0 Å². The Hall–Kier alpha value is -0.930. The van der Waals surface area contributed by atoms with Crippen LogP contribution in [0.1, 0.15) is 0 Å². The Morgan fingerprint density at radius 1 is 1.00 bits per heavy atom. The molecule has 0 saturated carbocycles. The summed E-state index contributed by atoms with van der Waals surface area (Å²) in [5.74, 6) is 0. The van der Waals surface area contributed by atoms with Gasteiger partial charge in [-0.1, -0.05) is 11.6 Å². The summed E-state index contributed by atoms with van der Waals surface area (Å²) in [5.41, 5.74) is 1.34. The second-order valence-corrected chi connectivity index (χ2v) is 2.97. The molecular formula is C7H3Cl2N3. The van der Waals surface area contributed by atoms with Gasteiger partial charge in [-0.25, -0.2) is 9.97 Å². The minimum absolute atomic E-state index is 0.201. The third kappa shape index (κ3) is 1.33. The van der Waals surface area contributed by atoms with Gasteiger partial charge in [0.25, 0.3) is 0 Å². The van der Waals surface area contributed by atoms with Crippen LogP contribution in [-0.2, 0) is 0 Å². The van der Waals surface area contributed by atoms with Crippen LogP contribution in [0.2, 0.25) is 10.3 Å². The van der Waals surface area contributed by atoms with E-state index >= 15 is 0 Å². The lowest BCUT2D eigenvalue weighted by molar-refractivity contribution is 1.20. The van der Waals surface area contributed by atoms with Crippen LogP contribution in [0.4, 0.5) is 0 Å². The van der Waals surface area contributed by atoms with Gasteiger partial charge >= 0.3 is 0 Å². The van der Waals surface area contributed by atoms with E-state index in [1.165, 1.54) is 0 Å². The van der Waals surface area contributed by atoms with Gasteiger partial charge < -0.3 is 0 Å². The minimum Gasteiger partial charge on any atom is -0.251 e. The summed E-state index contributed by atoms with van der Waals surface area (Å²) >= 11 is 11.3. The molecule has 2 rings (SSSR count). The molecule has 0 atom stereocenters. The first kappa shape index (κ1) is 7.71. The molecule has 0 aliphatic rings. The number of aromatic nitrogens is 3. The molecule has 3 nitrogen and oxygen atoms in total. The fraction of sp³-hybridized carbons (Fsp3) is 0. The Morgan fingerprint density at radius 2 is 1.83 bits per heavy atom. The zero-order valence-electron chi connectivity index (χ0n) is 5.83. The molecule has 2 aromatic rings. The Kier molecular flexibility index (Phi) is 1.83. The second-order valence-electron chi connectivity index (χ2n) is 2.20. The van der Waals surface area contributed by atoms with E-state index in [0.29, 0.717) is 16.1 Å². The summed E-state index contributed by atoms with van der Waals surface area (Å²) in [5, 5.41) is 0.740. The van der Waals surface area contributed by atoms with Gasteiger partial charge in [0.2, 0.25) is 5.28 Å². The molecule has 0 aliphatic heterocycles. The summed E-state index contributed by atoms with van der Waals surface area (Å²) in [6.07, 6.45) is 3.10. The summed E-state index contributed by atoms with van der Waals surface area (Å²) in [6.45, 7) is 0. The van der Waals surface area contributed by atoms with E-state index in [2.05, 4.69) is 15.0 Å². The lowest BCUT2D eigenvalue weighted by Gasteiger charge is -1.95. The molecule has 0 unspecified atom stereocenters. The van der Waals surface area contributed by atoms with E-state index in [1.807, 2.05) is 0 Å². The number of halogens is 2. The molecule has 0 radical (unpaired) electrons. The molecule has 0 fully saturated rings. The fourth-order valence-electron chi connectivity index (χ4n) is 0.871. The monoisotopic (exact) mass is 199 g/mol. The van der Waals surface area contributed by atoms with E-state index in [9.17, 15) is 0 Å². The van der Waals surface area contributed by atoms with Gasteiger partial charge in [-0.15, -0.1) is 0 Å². The Balaban J connectivity index is 2.80. The van der Waals surface area contributed by atoms with Gasteiger partial charge in [0.15, 0.2) is 0 Å². The Bertz CT molecular complexity index is 393. The predicted octanol–water partition coefficient (Wildman–Crippen LogP) is 2.33. The fourth-order valence-corrected chi connectivity index (χ4v) is 1.16. The first-order valence-corrected chi connectivity index (χ1v) is 3.95. The summed E-state index contributed by atoms with van der Waals surface area (Å²) in [4.78, 5) is 11.7. The van der Waals surface area contributed by atoms with Crippen molar-refractivity contribution in [1.29, 1.82) is 0 Å². The van der Waals surface area contributed by atoms with Crippen LogP contribution in [0.5, 0.6) is 0 Å². The third-order valence-electron chi connectivity index (χ3n) is 1.37. The lowest BCUT2D eigenvalue weighted by atomic mass is 10.4. The molecule has 0 spiro atoms. The van der Waals surface area contributed by atoms with Gasteiger partial charge in [-0.05, 0) is 17.7 Å². The van der Waals surface area contributed by atoms with Crippen molar-refractivity contribution >= 4 is 34.2 Å². The molecular weight excluding hydrogens is 197 g/mol. The number of nitrogens with zero attached hydrogens (tertiary/aromatic N) is 3. The van der Waals surface area contributed by atoms with Crippen molar-refractivity contribution in [3.8, 4) is 0 Å². The van der Waals surface area contributed by atoms with Crippen LogP contribution in [0.3, 0.4) is 0 Å². The van der Waals surface area contributed by atoms with Crippen molar-refractivity contribution in [1.82, 2.24) is 15.0 Å². The quantitative estimate of drug-likeness (QED) is 0.612. The van der Waals surface area contributed by atoms with E-state index < -0.39 is 0 Å². The number of rotatable bonds is 0. The van der Waals surface area contributed by atoms with Crippen LogP contribution >= 0.6 is 23.2 Å². The topological polar surface area (TPSA) is 38.7 Å². The molecule has 0 aliphatic carbocycles. The normalized spacial score (nSPS) is 10.5. The molecule has 0 aromatic carbocycles. The molecule has 0 N–H and O–H groups in total. The highest BCUT2D eigenvalue weighted by Gasteiger charge is 1.98. The van der Waals surface area contributed by atoms with Crippen LogP contribution < -0.4 is 0 Å². The molecule has 0 saturated heterocycles. The van der Waals surface area contributed by atoms with Gasteiger partial charge in [-0.3, -0.25) is 4.98 Å². The first-order chi connectivity index (χ1) is 5.75.